The van der Waals surface area contributed by atoms with E-state index in [9.17, 15) is 4.79 Å². The Balaban J connectivity index is 2.85. The van der Waals surface area contributed by atoms with Gasteiger partial charge < -0.3 is 9.84 Å². The highest BCUT2D eigenvalue weighted by Gasteiger charge is 2.36. The van der Waals surface area contributed by atoms with Crippen LogP contribution < -0.4 is 5.32 Å². The van der Waals surface area contributed by atoms with Crippen molar-refractivity contribution in [1.82, 2.24) is 10.5 Å². The van der Waals surface area contributed by atoms with Crippen molar-refractivity contribution in [1.29, 1.82) is 0 Å². The van der Waals surface area contributed by atoms with Crippen LogP contribution in [0.5, 0.6) is 0 Å². The third-order valence-electron chi connectivity index (χ3n) is 2.68. The first kappa shape index (κ1) is 13.7. The van der Waals surface area contributed by atoms with Crippen molar-refractivity contribution in [3.8, 4) is 0 Å². The maximum absolute atomic E-state index is 12.0. The molecule has 0 fully saturated rings. The van der Waals surface area contributed by atoms with Gasteiger partial charge in [-0.05, 0) is 10.8 Å². The Kier molecular flexibility index (Phi) is 3.65. The lowest BCUT2D eigenvalue weighted by Crippen LogP contribution is -2.51. The quantitative estimate of drug-likeness (QED) is 0.862. The minimum atomic E-state index is -0.186. The van der Waals surface area contributed by atoms with Gasteiger partial charge in [-0.3, -0.25) is 4.79 Å². The monoisotopic (exact) mass is 238 g/mol. The number of aromatic nitrogens is 1. The van der Waals surface area contributed by atoms with E-state index in [0.717, 1.165) is 0 Å². The van der Waals surface area contributed by atoms with E-state index in [1.54, 1.807) is 6.07 Å². The fraction of sp³-hybridized carbons (Fsp3) is 0.692. The average molecular weight is 238 g/mol. The predicted molar refractivity (Wildman–Crippen MR) is 66.7 cm³/mol. The maximum atomic E-state index is 12.0. The number of rotatable bonds is 2. The van der Waals surface area contributed by atoms with Gasteiger partial charge in [-0.2, -0.15) is 0 Å². The summed E-state index contributed by atoms with van der Waals surface area (Å²) in [7, 11) is 0. The minimum absolute atomic E-state index is 0.0162. The second-order valence-electron chi connectivity index (χ2n) is 6.52. The highest BCUT2D eigenvalue weighted by molar-refractivity contribution is 5.92. The average Bonchev–Trinajstić information content (AvgIpc) is 2.62. The number of carbonyl (C=O) groups excluding carboxylic acids is 1. The van der Waals surface area contributed by atoms with Crippen LogP contribution >= 0.6 is 0 Å². The summed E-state index contributed by atoms with van der Waals surface area (Å²) < 4.78 is 4.68. The Morgan fingerprint density at radius 3 is 2.12 bits per heavy atom. The maximum Gasteiger partial charge on any atom is 0.273 e. The summed E-state index contributed by atoms with van der Waals surface area (Å²) in [5.41, 5.74) is 0.290. The van der Waals surface area contributed by atoms with Gasteiger partial charge in [-0.1, -0.05) is 46.7 Å². The van der Waals surface area contributed by atoms with Crippen LogP contribution in [0, 0.1) is 10.8 Å². The molecule has 1 heterocycles. The summed E-state index contributed by atoms with van der Waals surface area (Å²) >= 11 is 0. The summed E-state index contributed by atoms with van der Waals surface area (Å²) in [6.45, 7) is 12.7. The second-order valence-corrected chi connectivity index (χ2v) is 6.52. The smallest absolute Gasteiger partial charge is 0.273 e. The fourth-order valence-electron chi connectivity index (χ4n) is 2.27. The van der Waals surface area contributed by atoms with Crippen LogP contribution in [0.4, 0.5) is 0 Å². The molecule has 1 rings (SSSR count). The summed E-state index contributed by atoms with van der Waals surface area (Å²) in [5.74, 6) is -0.186. The van der Waals surface area contributed by atoms with Crippen molar-refractivity contribution < 1.29 is 9.32 Å². The largest absolute Gasteiger partial charge is 0.364 e. The number of hydrogen-bond donors (Lipinski definition) is 1. The Morgan fingerprint density at radius 2 is 1.76 bits per heavy atom. The first-order valence-electron chi connectivity index (χ1n) is 5.83. The Labute approximate surface area is 103 Å². The van der Waals surface area contributed by atoms with Gasteiger partial charge in [-0.15, -0.1) is 0 Å². The normalized spacial score (nSPS) is 12.9. The van der Waals surface area contributed by atoms with Crippen molar-refractivity contribution in [2.75, 3.05) is 0 Å². The summed E-state index contributed by atoms with van der Waals surface area (Å²) in [6.07, 6.45) is 1.40. The lowest BCUT2D eigenvalue weighted by atomic mass is 9.72. The standard InChI is InChI=1S/C13H22N2O2/c1-12(2,3)11(13(4,5)6)14-10(16)9-7-8-17-15-9/h7-8,11H,1-6H3,(H,14,16). The zero-order valence-corrected chi connectivity index (χ0v) is 11.5. The van der Waals surface area contributed by atoms with Gasteiger partial charge >= 0.3 is 0 Å². The Morgan fingerprint density at radius 1 is 1.24 bits per heavy atom. The molecule has 0 saturated heterocycles. The molecule has 0 bridgehead atoms. The Bertz CT molecular complexity index is 355. The topological polar surface area (TPSA) is 55.1 Å². The number of nitrogens with zero attached hydrogens (tertiary/aromatic N) is 1. The molecule has 1 aromatic rings. The molecule has 96 valence electrons. The van der Waals surface area contributed by atoms with Crippen molar-refractivity contribution >= 4 is 5.91 Å². The molecule has 0 saturated carbocycles. The van der Waals surface area contributed by atoms with Crippen molar-refractivity contribution in [3.63, 3.8) is 0 Å². The third kappa shape index (κ3) is 3.58. The number of hydrogen-bond acceptors (Lipinski definition) is 3. The third-order valence-corrected chi connectivity index (χ3v) is 2.68. The summed E-state index contributed by atoms with van der Waals surface area (Å²) in [6, 6.07) is 1.62. The molecule has 0 atom stereocenters. The van der Waals surface area contributed by atoms with Crippen LogP contribution in [0.1, 0.15) is 52.0 Å². The zero-order chi connectivity index (χ0) is 13.3. The molecule has 0 spiro atoms. The van der Waals surface area contributed by atoms with Gasteiger partial charge in [0.25, 0.3) is 5.91 Å². The second kappa shape index (κ2) is 4.51. The summed E-state index contributed by atoms with van der Waals surface area (Å²) in [4.78, 5) is 12.0. The van der Waals surface area contributed by atoms with Crippen LogP contribution in [-0.2, 0) is 0 Å². The molecule has 4 heteroatoms. The van der Waals surface area contributed by atoms with Crippen molar-refractivity contribution in [2.24, 2.45) is 10.8 Å². The first-order valence-corrected chi connectivity index (χ1v) is 5.83. The molecule has 17 heavy (non-hydrogen) atoms. The SMILES string of the molecule is CC(C)(C)C(NC(=O)c1ccon1)C(C)(C)C. The van der Waals surface area contributed by atoms with Crippen molar-refractivity contribution in [3.05, 3.63) is 18.0 Å². The van der Waals surface area contributed by atoms with Crippen LogP contribution in [0.2, 0.25) is 0 Å². The molecule has 1 amide bonds. The molecular formula is C13H22N2O2. The molecule has 1 N–H and O–H groups in total. The highest BCUT2D eigenvalue weighted by Crippen LogP contribution is 2.33. The minimum Gasteiger partial charge on any atom is -0.364 e. The van der Waals surface area contributed by atoms with Gasteiger partial charge in [0.1, 0.15) is 6.26 Å². The van der Waals surface area contributed by atoms with E-state index >= 15 is 0 Å². The van der Waals surface area contributed by atoms with Gasteiger partial charge in [0, 0.05) is 12.1 Å². The zero-order valence-electron chi connectivity index (χ0n) is 11.5. The molecule has 0 radical (unpaired) electrons. The van der Waals surface area contributed by atoms with E-state index in [4.69, 9.17) is 0 Å². The van der Waals surface area contributed by atoms with E-state index in [2.05, 4.69) is 56.5 Å². The molecule has 1 aromatic heterocycles. The lowest BCUT2D eigenvalue weighted by Gasteiger charge is -2.41. The van der Waals surface area contributed by atoms with Gasteiger partial charge in [0.2, 0.25) is 0 Å². The highest BCUT2D eigenvalue weighted by atomic mass is 16.5. The molecule has 4 nitrogen and oxygen atoms in total. The summed E-state index contributed by atoms with van der Waals surface area (Å²) in [5, 5.41) is 6.68. The number of nitrogens with one attached hydrogen (secondary N) is 1. The van der Waals surface area contributed by atoms with Crippen LogP contribution in [-0.4, -0.2) is 17.1 Å². The number of carbonyl (C=O) groups is 1. The van der Waals surface area contributed by atoms with Gasteiger partial charge in [0.05, 0.1) is 0 Å². The first-order chi connectivity index (χ1) is 7.62. The molecule has 0 unspecified atom stereocenters. The van der Waals surface area contributed by atoms with Crippen LogP contribution in [0.25, 0.3) is 0 Å². The van der Waals surface area contributed by atoms with E-state index in [1.165, 1.54) is 6.26 Å². The van der Waals surface area contributed by atoms with E-state index in [1.807, 2.05) is 0 Å². The molecule has 0 aliphatic heterocycles. The number of amides is 1. The van der Waals surface area contributed by atoms with Crippen LogP contribution in [0.15, 0.2) is 16.9 Å². The van der Waals surface area contributed by atoms with E-state index < -0.39 is 0 Å². The lowest BCUT2D eigenvalue weighted by molar-refractivity contribution is 0.0787. The van der Waals surface area contributed by atoms with E-state index in [0.29, 0.717) is 5.69 Å². The predicted octanol–water partition coefficient (Wildman–Crippen LogP) is 2.87. The van der Waals surface area contributed by atoms with Crippen LogP contribution in [0.3, 0.4) is 0 Å². The fourth-order valence-corrected chi connectivity index (χ4v) is 2.27. The van der Waals surface area contributed by atoms with Gasteiger partial charge in [0.15, 0.2) is 5.69 Å². The molecule has 0 aromatic carbocycles. The molecule has 0 aliphatic carbocycles. The molecular weight excluding hydrogens is 216 g/mol. The van der Waals surface area contributed by atoms with Crippen molar-refractivity contribution in [2.45, 2.75) is 47.6 Å². The molecule has 0 aliphatic rings. The Hall–Kier alpha value is -1.32. The van der Waals surface area contributed by atoms with E-state index in [-0.39, 0.29) is 22.8 Å². The van der Waals surface area contributed by atoms with Gasteiger partial charge in [-0.25, -0.2) is 0 Å².